The molecule has 0 unspecified atom stereocenters. The molecule has 1 amide bonds. The molecule has 0 saturated heterocycles. The molecule has 110 valence electrons. The lowest BCUT2D eigenvalue weighted by Crippen LogP contribution is -2.07. The molecule has 0 saturated carbocycles. The van der Waals surface area contributed by atoms with Gasteiger partial charge in [-0.2, -0.15) is 0 Å². The Hall–Kier alpha value is -2.66. The molecule has 0 aliphatic rings. The fourth-order valence-corrected chi connectivity index (χ4v) is 2.84. The van der Waals surface area contributed by atoms with Gasteiger partial charge in [-0.05, 0) is 42.5 Å². The molecular formula is C17H14N2O2S. The first kappa shape index (κ1) is 14.3. The summed E-state index contributed by atoms with van der Waals surface area (Å²) in [5, 5.41) is 3.60. The lowest BCUT2D eigenvalue weighted by atomic mass is 10.3. The number of nitrogens with one attached hydrogen (secondary N) is 1. The van der Waals surface area contributed by atoms with Crippen LogP contribution in [0.2, 0.25) is 0 Å². The second-order valence-electron chi connectivity index (χ2n) is 4.57. The van der Waals surface area contributed by atoms with Gasteiger partial charge in [-0.1, -0.05) is 12.1 Å². The number of anilines is 1. The number of hydrogen-bond acceptors (Lipinski definition) is 4. The Kier molecular flexibility index (Phi) is 4.16. The molecule has 0 spiro atoms. The van der Waals surface area contributed by atoms with Crippen molar-refractivity contribution in [1.82, 2.24) is 4.98 Å². The summed E-state index contributed by atoms with van der Waals surface area (Å²) in [4.78, 5) is 16.4. The molecule has 3 aromatic rings. The van der Waals surface area contributed by atoms with E-state index in [2.05, 4.69) is 10.3 Å². The van der Waals surface area contributed by atoms with Gasteiger partial charge in [-0.15, -0.1) is 11.3 Å². The number of carbonyl (C=O) groups excluding carboxylic acids is 1. The fourth-order valence-electron chi connectivity index (χ4n) is 1.97. The Bertz CT molecular complexity index is 789. The van der Waals surface area contributed by atoms with Crippen molar-refractivity contribution >= 4 is 39.2 Å². The highest BCUT2D eigenvalue weighted by Crippen LogP contribution is 2.22. The number of fused-ring (bicyclic) bond motifs is 1. The monoisotopic (exact) mass is 310 g/mol. The van der Waals surface area contributed by atoms with Gasteiger partial charge in [0.25, 0.3) is 0 Å². The van der Waals surface area contributed by atoms with Crippen molar-refractivity contribution in [2.75, 3.05) is 12.4 Å². The van der Waals surface area contributed by atoms with Crippen molar-refractivity contribution in [3.8, 4) is 5.75 Å². The summed E-state index contributed by atoms with van der Waals surface area (Å²) >= 11 is 1.56. The number of ether oxygens (including phenoxy) is 1. The summed E-state index contributed by atoms with van der Waals surface area (Å²) in [5.41, 5.74) is 1.67. The minimum absolute atomic E-state index is 0.190. The lowest BCUT2D eigenvalue weighted by Gasteiger charge is -2.03. The number of para-hydroxylation sites is 1. The van der Waals surface area contributed by atoms with Crippen molar-refractivity contribution in [3.63, 3.8) is 0 Å². The van der Waals surface area contributed by atoms with Crippen molar-refractivity contribution in [2.45, 2.75) is 0 Å². The molecule has 0 atom stereocenters. The number of rotatable bonds is 4. The fraction of sp³-hybridized carbons (Fsp3) is 0.0588. The van der Waals surface area contributed by atoms with E-state index in [9.17, 15) is 4.79 Å². The zero-order chi connectivity index (χ0) is 15.4. The Morgan fingerprint density at radius 2 is 1.95 bits per heavy atom. The number of hydrogen-bond donors (Lipinski definition) is 1. The SMILES string of the molecule is COc1ccc(NC(=O)C=Cc2nc3ccccc3s2)cc1. The maximum atomic E-state index is 11.9. The van der Waals surface area contributed by atoms with Gasteiger partial charge in [0.05, 0.1) is 17.3 Å². The molecule has 3 rings (SSSR count). The Morgan fingerprint density at radius 1 is 1.18 bits per heavy atom. The van der Waals surface area contributed by atoms with Crippen LogP contribution in [0.15, 0.2) is 54.6 Å². The number of amides is 1. The van der Waals surface area contributed by atoms with Crippen LogP contribution in [-0.2, 0) is 4.79 Å². The van der Waals surface area contributed by atoms with Crippen LogP contribution in [0, 0.1) is 0 Å². The second kappa shape index (κ2) is 6.41. The minimum atomic E-state index is -0.190. The first-order valence-corrected chi connectivity index (χ1v) is 7.55. The highest BCUT2D eigenvalue weighted by Gasteiger charge is 2.02. The molecular weight excluding hydrogens is 296 g/mol. The third-order valence-electron chi connectivity index (χ3n) is 3.05. The summed E-state index contributed by atoms with van der Waals surface area (Å²) in [6, 6.07) is 15.1. The summed E-state index contributed by atoms with van der Waals surface area (Å²) in [7, 11) is 1.61. The number of carbonyl (C=O) groups is 1. The molecule has 0 aliphatic carbocycles. The van der Waals surface area contributed by atoms with E-state index in [-0.39, 0.29) is 5.91 Å². The highest BCUT2D eigenvalue weighted by molar-refractivity contribution is 7.19. The Balaban J connectivity index is 1.67. The van der Waals surface area contributed by atoms with Crippen LogP contribution in [0.1, 0.15) is 5.01 Å². The van der Waals surface area contributed by atoms with E-state index in [4.69, 9.17) is 4.74 Å². The number of nitrogens with zero attached hydrogens (tertiary/aromatic N) is 1. The molecule has 1 aromatic heterocycles. The largest absolute Gasteiger partial charge is 0.497 e. The van der Waals surface area contributed by atoms with Crippen LogP contribution in [-0.4, -0.2) is 18.0 Å². The standard InChI is InChI=1S/C17H14N2O2S/c1-21-13-8-6-12(7-9-13)18-16(20)10-11-17-19-14-4-2-3-5-15(14)22-17/h2-11H,1H3,(H,18,20). The highest BCUT2D eigenvalue weighted by atomic mass is 32.1. The van der Waals surface area contributed by atoms with Gasteiger partial charge in [-0.3, -0.25) is 4.79 Å². The number of methoxy groups -OCH3 is 1. The van der Waals surface area contributed by atoms with E-state index in [0.717, 1.165) is 26.7 Å². The predicted molar refractivity (Wildman–Crippen MR) is 90.3 cm³/mol. The summed E-state index contributed by atoms with van der Waals surface area (Å²) in [5.74, 6) is 0.562. The van der Waals surface area contributed by atoms with Gasteiger partial charge in [0.15, 0.2) is 0 Å². The number of aromatic nitrogens is 1. The van der Waals surface area contributed by atoms with Crippen molar-refractivity contribution in [1.29, 1.82) is 0 Å². The molecule has 22 heavy (non-hydrogen) atoms. The molecule has 0 bridgehead atoms. The first-order valence-electron chi connectivity index (χ1n) is 6.73. The van der Waals surface area contributed by atoms with Crippen LogP contribution in [0.25, 0.3) is 16.3 Å². The molecule has 4 nitrogen and oxygen atoms in total. The molecule has 0 aliphatic heterocycles. The van der Waals surface area contributed by atoms with Crippen LogP contribution < -0.4 is 10.1 Å². The quantitative estimate of drug-likeness (QED) is 0.742. The third-order valence-corrected chi connectivity index (χ3v) is 4.05. The number of thiazole rings is 1. The lowest BCUT2D eigenvalue weighted by molar-refractivity contribution is -0.111. The average molecular weight is 310 g/mol. The van der Waals surface area contributed by atoms with Gasteiger partial charge in [-0.25, -0.2) is 4.98 Å². The van der Waals surface area contributed by atoms with Crippen molar-refractivity contribution < 1.29 is 9.53 Å². The van der Waals surface area contributed by atoms with Crippen LogP contribution >= 0.6 is 11.3 Å². The van der Waals surface area contributed by atoms with E-state index in [1.165, 1.54) is 6.08 Å². The maximum absolute atomic E-state index is 11.9. The van der Waals surface area contributed by atoms with Gasteiger partial charge in [0, 0.05) is 11.8 Å². The minimum Gasteiger partial charge on any atom is -0.497 e. The molecule has 0 radical (unpaired) electrons. The molecule has 1 N–H and O–H groups in total. The zero-order valence-corrected chi connectivity index (χ0v) is 12.8. The number of benzene rings is 2. The van der Waals surface area contributed by atoms with E-state index < -0.39 is 0 Å². The zero-order valence-electron chi connectivity index (χ0n) is 11.9. The van der Waals surface area contributed by atoms with Gasteiger partial charge < -0.3 is 10.1 Å². The normalized spacial score (nSPS) is 11.0. The van der Waals surface area contributed by atoms with E-state index in [1.54, 1.807) is 48.8 Å². The van der Waals surface area contributed by atoms with Gasteiger partial charge in [0.1, 0.15) is 10.8 Å². The van der Waals surface area contributed by atoms with Crippen LogP contribution in [0.3, 0.4) is 0 Å². The summed E-state index contributed by atoms with van der Waals surface area (Å²) in [6.45, 7) is 0. The topological polar surface area (TPSA) is 51.2 Å². The Labute approximate surface area is 132 Å². The third kappa shape index (κ3) is 3.32. The van der Waals surface area contributed by atoms with Crippen molar-refractivity contribution in [2.24, 2.45) is 0 Å². The van der Waals surface area contributed by atoms with Gasteiger partial charge in [0.2, 0.25) is 5.91 Å². The average Bonchev–Trinajstić information content (AvgIpc) is 2.96. The van der Waals surface area contributed by atoms with Crippen molar-refractivity contribution in [3.05, 3.63) is 59.6 Å². The smallest absolute Gasteiger partial charge is 0.248 e. The second-order valence-corrected chi connectivity index (χ2v) is 5.63. The summed E-state index contributed by atoms with van der Waals surface area (Å²) < 4.78 is 6.18. The molecule has 1 heterocycles. The summed E-state index contributed by atoms with van der Waals surface area (Å²) in [6.07, 6.45) is 3.21. The Morgan fingerprint density at radius 3 is 2.68 bits per heavy atom. The molecule has 0 fully saturated rings. The maximum Gasteiger partial charge on any atom is 0.248 e. The van der Waals surface area contributed by atoms with E-state index >= 15 is 0 Å². The van der Waals surface area contributed by atoms with Crippen LogP contribution in [0.4, 0.5) is 5.69 Å². The molecule has 2 aromatic carbocycles. The van der Waals surface area contributed by atoms with E-state index in [1.807, 2.05) is 24.3 Å². The predicted octanol–water partition coefficient (Wildman–Crippen LogP) is 3.96. The van der Waals surface area contributed by atoms with Gasteiger partial charge >= 0.3 is 0 Å². The van der Waals surface area contributed by atoms with E-state index in [0.29, 0.717) is 0 Å². The first-order chi connectivity index (χ1) is 10.7. The molecule has 5 heteroatoms. The van der Waals surface area contributed by atoms with Crippen LogP contribution in [0.5, 0.6) is 5.75 Å².